The van der Waals surface area contributed by atoms with Crippen molar-refractivity contribution in [2.75, 3.05) is 13.1 Å². The van der Waals surface area contributed by atoms with Gasteiger partial charge in [0.25, 0.3) is 0 Å². The van der Waals surface area contributed by atoms with Gasteiger partial charge in [-0.15, -0.1) is 0 Å². The van der Waals surface area contributed by atoms with E-state index in [1.807, 2.05) is 30.3 Å². The van der Waals surface area contributed by atoms with Crippen LogP contribution in [0.5, 0.6) is 0 Å². The average molecular weight is 554 g/mol. The first kappa shape index (κ1) is 27.5. The van der Waals surface area contributed by atoms with Crippen molar-refractivity contribution in [3.8, 4) is 0 Å². The molecule has 6 unspecified atom stereocenters. The fourth-order valence-corrected chi connectivity index (χ4v) is 8.42. The zero-order valence-corrected chi connectivity index (χ0v) is 24.1. The molecule has 4 aliphatic rings. The van der Waals surface area contributed by atoms with Crippen molar-refractivity contribution in [2.24, 2.45) is 11.8 Å². The van der Waals surface area contributed by atoms with Crippen LogP contribution in [0.4, 0.5) is 4.39 Å². The number of fused-ring (bicyclic) bond motifs is 6. The van der Waals surface area contributed by atoms with Gasteiger partial charge < -0.3 is 0 Å². The van der Waals surface area contributed by atoms with Crippen molar-refractivity contribution in [1.29, 1.82) is 0 Å². The van der Waals surface area contributed by atoms with Crippen molar-refractivity contribution >= 4 is 11.9 Å². The molecule has 2 aromatic heterocycles. The largest absolute Gasteiger partial charge is 0.293 e. The van der Waals surface area contributed by atoms with Gasteiger partial charge in [0.1, 0.15) is 0 Å². The molecule has 6 rings (SSSR count). The molecule has 0 aromatic carbocycles. The van der Waals surface area contributed by atoms with Gasteiger partial charge in [0.05, 0.1) is 41.2 Å². The van der Waals surface area contributed by atoms with Gasteiger partial charge >= 0.3 is 0 Å². The summed E-state index contributed by atoms with van der Waals surface area (Å²) < 4.78 is 17.8. The second kappa shape index (κ2) is 12.1. The Balaban J connectivity index is 1.25. The van der Waals surface area contributed by atoms with Crippen molar-refractivity contribution in [2.45, 2.75) is 101 Å². The third-order valence-electron chi connectivity index (χ3n) is 9.32. The molecule has 212 valence electrons. The molecule has 4 fully saturated rings. The van der Waals surface area contributed by atoms with E-state index >= 15 is 0 Å². The Labute approximate surface area is 237 Å². The normalized spacial score (nSPS) is 37.3. The summed E-state index contributed by atoms with van der Waals surface area (Å²) in [5.41, 5.74) is 2.06. The monoisotopic (exact) mass is 553 g/mol. The van der Waals surface area contributed by atoms with Gasteiger partial charge in [0, 0.05) is 30.7 Å². The molecular formula is C30H44FN7S. The molecule has 0 saturated carbocycles. The summed E-state index contributed by atoms with van der Waals surface area (Å²) in [6.07, 6.45) is 11.5. The maximum Gasteiger partial charge on any atom is 0.213 e. The summed E-state index contributed by atoms with van der Waals surface area (Å²) in [6.45, 7) is 6.85. The van der Waals surface area contributed by atoms with E-state index in [0.29, 0.717) is 23.4 Å². The Hall–Kier alpha value is -1.62. The van der Waals surface area contributed by atoms with Crippen molar-refractivity contribution in [1.82, 2.24) is 35.5 Å². The lowest BCUT2D eigenvalue weighted by Gasteiger charge is -2.47. The number of aromatic nitrogens is 2. The van der Waals surface area contributed by atoms with Gasteiger partial charge in [-0.25, -0.2) is 4.98 Å². The highest BCUT2D eigenvalue weighted by atomic mass is 32.2. The first-order chi connectivity index (χ1) is 18.9. The van der Waals surface area contributed by atoms with E-state index < -0.39 is 5.95 Å². The van der Waals surface area contributed by atoms with Crippen LogP contribution in [-0.4, -0.2) is 51.2 Å². The molecule has 4 aliphatic heterocycles. The van der Waals surface area contributed by atoms with E-state index in [-0.39, 0.29) is 23.8 Å². The number of hydrogen-bond acceptors (Lipinski definition) is 8. The van der Waals surface area contributed by atoms with E-state index in [2.05, 4.69) is 56.5 Å². The third-order valence-corrected chi connectivity index (χ3v) is 10.3. The summed E-state index contributed by atoms with van der Waals surface area (Å²) in [5.74, 6) is 0.708. The van der Waals surface area contributed by atoms with Gasteiger partial charge in [0.2, 0.25) is 5.95 Å². The predicted octanol–water partition coefficient (Wildman–Crippen LogP) is 4.87. The first-order valence-corrected chi connectivity index (χ1v) is 15.8. The predicted molar refractivity (Wildman–Crippen MR) is 155 cm³/mol. The lowest BCUT2D eigenvalue weighted by atomic mass is 9.87. The standard InChI is InChI=1S/C30H44FN7S/c1-30(2)17-20-12-14-24(22-7-3-4-16-32-22)35-27-10-6-11-28(37-27)39-33-18-21-13-15-25(36-29(21)38(30)19-20)23-8-5-9-26(31)34-23/h3-5,7-9,16,20-21,24-25,27-29,33,35-37H,6,10-15,17-19H2,1-2H3/t20-,21?,24+,25?,27?,28?,29?/m0/s1. The minimum Gasteiger partial charge on any atom is -0.293 e. The fourth-order valence-electron chi connectivity index (χ4n) is 7.39. The van der Waals surface area contributed by atoms with Crippen molar-refractivity contribution in [3.63, 3.8) is 0 Å². The number of pyridine rings is 2. The van der Waals surface area contributed by atoms with E-state index in [9.17, 15) is 4.39 Å². The topological polar surface area (TPSA) is 77.1 Å². The number of rotatable bonds is 2. The van der Waals surface area contributed by atoms with Crippen LogP contribution in [0.3, 0.4) is 0 Å². The minimum atomic E-state index is -0.396. The minimum absolute atomic E-state index is 0.0741. The molecule has 9 heteroatoms. The van der Waals surface area contributed by atoms with E-state index in [4.69, 9.17) is 4.98 Å². The van der Waals surface area contributed by atoms with E-state index in [1.165, 1.54) is 31.7 Å². The maximum absolute atomic E-state index is 14.0. The van der Waals surface area contributed by atoms with Crippen LogP contribution in [0.15, 0.2) is 42.6 Å². The van der Waals surface area contributed by atoms with E-state index in [1.54, 1.807) is 6.07 Å². The summed E-state index contributed by atoms with van der Waals surface area (Å²) in [6, 6.07) is 11.8. The summed E-state index contributed by atoms with van der Waals surface area (Å²) >= 11 is 1.85. The molecule has 0 spiro atoms. The molecule has 0 aliphatic carbocycles. The Bertz CT molecular complexity index is 1090. The van der Waals surface area contributed by atoms with Gasteiger partial charge in [-0.2, -0.15) is 4.39 Å². The number of nitrogens with zero attached hydrogens (tertiary/aromatic N) is 3. The Morgan fingerprint density at radius 2 is 1.77 bits per heavy atom. The van der Waals surface area contributed by atoms with Crippen LogP contribution in [0.25, 0.3) is 0 Å². The zero-order chi connectivity index (χ0) is 26.8. The molecular weight excluding hydrogens is 509 g/mol. The smallest absolute Gasteiger partial charge is 0.213 e. The summed E-state index contributed by atoms with van der Waals surface area (Å²) in [5, 5.41) is 12.2. The lowest BCUT2D eigenvalue weighted by Crippen LogP contribution is -2.60. The van der Waals surface area contributed by atoms with Gasteiger partial charge in [-0.05, 0) is 95.4 Å². The second-order valence-corrected chi connectivity index (χ2v) is 13.7. The first-order valence-electron chi connectivity index (χ1n) is 14.9. The molecule has 4 N–H and O–H groups in total. The molecule has 0 radical (unpaired) electrons. The highest BCUT2D eigenvalue weighted by Gasteiger charge is 2.46. The zero-order valence-electron chi connectivity index (χ0n) is 23.3. The van der Waals surface area contributed by atoms with Gasteiger partial charge in [-0.1, -0.05) is 24.1 Å². The van der Waals surface area contributed by atoms with Crippen molar-refractivity contribution in [3.05, 3.63) is 59.9 Å². The molecule has 4 bridgehead atoms. The van der Waals surface area contributed by atoms with Gasteiger partial charge in [0.15, 0.2) is 0 Å². The average Bonchev–Trinajstić information content (AvgIpc) is 3.25. The molecule has 7 nitrogen and oxygen atoms in total. The Kier molecular flexibility index (Phi) is 8.54. The SMILES string of the molecule is CC1(C)C[C@@H]2CC[C@H](c3ccccn3)NC3CCCC(N3)SNCC3CCC(c4cccc(F)n4)NC3N1C2. The summed E-state index contributed by atoms with van der Waals surface area (Å²) in [4.78, 5) is 11.7. The van der Waals surface area contributed by atoms with Crippen molar-refractivity contribution < 1.29 is 4.39 Å². The highest BCUT2D eigenvalue weighted by Crippen LogP contribution is 2.41. The molecule has 6 heterocycles. The van der Waals surface area contributed by atoms with Crippen LogP contribution >= 0.6 is 11.9 Å². The molecule has 2 aromatic rings. The molecule has 4 saturated heterocycles. The Morgan fingerprint density at radius 1 is 0.923 bits per heavy atom. The number of piperidine rings is 2. The Morgan fingerprint density at radius 3 is 2.62 bits per heavy atom. The lowest BCUT2D eigenvalue weighted by molar-refractivity contribution is 0.0223. The highest BCUT2D eigenvalue weighted by molar-refractivity contribution is 7.98. The quantitative estimate of drug-likeness (QED) is 0.310. The van der Waals surface area contributed by atoms with Crippen LogP contribution in [-0.2, 0) is 0 Å². The van der Waals surface area contributed by atoms with Crippen LogP contribution in [0, 0.1) is 17.8 Å². The second-order valence-electron chi connectivity index (χ2n) is 12.6. The van der Waals surface area contributed by atoms with E-state index in [0.717, 1.165) is 50.2 Å². The third kappa shape index (κ3) is 6.49. The number of halogens is 1. The van der Waals surface area contributed by atoms with Crippen LogP contribution in [0.2, 0.25) is 0 Å². The number of nitrogens with one attached hydrogen (secondary N) is 4. The van der Waals surface area contributed by atoms with Crippen LogP contribution in [0.1, 0.15) is 88.7 Å². The van der Waals surface area contributed by atoms with Crippen LogP contribution < -0.4 is 20.7 Å². The fraction of sp³-hybridized carbons (Fsp3) is 0.667. The molecule has 39 heavy (non-hydrogen) atoms. The van der Waals surface area contributed by atoms with Gasteiger partial charge in [-0.3, -0.25) is 30.6 Å². The number of hydrogen-bond donors (Lipinski definition) is 4. The summed E-state index contributed by atoms with van der Waals surface area (Å²) in [7, 11) is 0. The molecule has 0 amide bonds. The molecule has 8 atom stereocenters. The maximum atomic E-state index is 14.0.